The van der Waals surface area contributed by atoms with Crippen LogP contribution >= 0.6 is 0 Å². The highest BCUT2D eigenvalue weighted by atomic mass is 19.4. The van der Waals surface area contributed by atoms with Gasteiger partial charge in [-0.3, -0.25) is 0 Å². The van der Waals surface area contributed by atoms with Gasteiger partial charge < -0.3 is 22.1 Å². The number of rotatable bonds is 11. The topological polar surface area (TPSA) is 99.9 Å². The molecular formula is C22H23F8N5. The van der Waals surface area contributed by atoms with Gasteiger partial charge in [-0.2, -0.15) is 40.4 Å². The molecule has 192 valence electrons. The zero-order valence-corrected chi connectivity index (χ0v) is 18.4. The zero-order chi connectivity index (χ0) is 26.7. The van der Waals surface area contributed by atoms with Gasteiger partial charge in [-0.15, -0.1) is 0 Å². The van der Waals surface area contributed by atoms with Crippen molar-refractivity contribution in [1.82, 2.24) is 0 Å². The maximum absolute atomic E-state index is 14.1. The Morgan fingerprint density at radius 1 is 0.800 bits per heavy atom. The smallest absolute Gasteiger partial charge is 0.378 e. The molecule has 0 saturated carbocycles. The van der Waals surface area contributed by atoms with Crippen molar-refractivity contribution in [3.63, 3.8) is 0 Å². The average molecular weight is 509 g/mol. The number of hydrogen-bond donors (Lipinski definition) is 4. The Morgan fingerprint density at radius 2 is 1.34 bits per heavy atom. The first-order valence-electron chi connectivity index (χ1n) is 10.2. The third kappa shape index (κ3) is 5.80. The Morgan fingerprint density at radius 3 is 1.83 bits per heavy atom. The molecular weight excluding hydrogens is 486 g/mol. The third-order valence-electron chi connectivity index (χ3n) is 5.26. The largest absolute Gasteiger partial charge is 0.399 e. The number of anilines is 4. The van der Waals surface area contributed by atoms with Gasteiger partial charge in [0.15, 0.2) is 0 Å². The highest BCUT2D eigenvalue weighted by Crippen LogP contribution is 2.54. The summed E-state index contributed by atoms with van der Waals surface area (Å²) in [7, 11) is 0. The highest BCUT2D eigenvalue weighted by Gasteiger charge is 2.79. The molecule has 0 aromatic heterocycles. The molecule has 0 spiro atoms. The molecule has 2 aromatic carbocycles. The maximum Gasteiger partial charge on any atom is 0.378 e. The van der Waals surface area contributed by atoms with Crippen LogP contribution in [0.5, 0.6) is 0 Å². The molecule has 0 radical (unpaired) electrons. The summed E-state index contributed by atoms with van der Waals surface area (Å²) in [6, 6.07) is 9.69. The molecule has 2 rings (SSSR count). The van der Waals surface area contributed by atoms with Crippen molar-refractivity contribution in [2.24, 2.45) is 0 Å². The van der Waals surface area contributed by atoms with Crippen LogP contribution in [0.15, 0.2) is 36.4 Å². The van der Waals surface area contributed by atoms with Crippen LogP contribution in [0.3, 0.4) is 0 Å². The predicted octanol–water partition coefficient (Wildman–Crippen LogP) is 5.88. The zero-order valence-electron chi connectivity index (χ0n) is 18.4. The number of nitriles is 1. The molecule has 0 atom stereocenters. The summed E-state index contributed by atoms with van der Waals surface area (Å²) in [5, 5.41) is 13.5. The molecule has 0 saturated heterocycles. The summed E-state index contributed by atoms with van der Waals surface area (Å²) in [5.41, 5.74) is 12.2. The summed E-state index contributed by atoms with van der Waals surface area (Å²) in [6.45, 7) is -0.350. The SMILES string of the molecule is Cc1cc(NCCC(F)(F)C(F)(F)C(F)(F)C(F)(F)CCNc2ccc(N)cc2N)ccc1C#N. The molecule has 0 amide bonds. The number of nitrogens with one attached hydrogen (secondary N) is 2. The quantitative estimate of drug-likeness (QED) is 0.224. The summed E-state index contributed by atoms with van der Waals surface area (Å²) in [4.78, 5) is 0. The fraction of sp³-hybridized carbons (Fsp3) is 0.409. The predicted molar refractivity (Wildman–Crippen MR) is 117 cm³/mol. The molecule has 0 aliphatic heterocycles. The van der Waals surface area contributed by atoms with E-state index in [2.05, 4.69) is 10.6 Å². The number of nitrogen functional groups attached to an aromatic ring is 2. The summed E-state index contributed by atoms with van der Waals surface area (Å²) in [5.74, 6) is -23.7. The van der Waals surface area contributed by atoms with E-state index in [0.717, 1.165) is 0 Å². The van der Waals surface area contributed by atoms with Gasteiger partial charge in [0, 0.05) is 37.3 Å². The number of nitrogens with two attached hydrogens (primary N) is 2. The van der Waals surface area contributed by atoms with E-state index in [9.17, 15) is 35.1 Å². The minimum Gasteiger partial charge on any atom is -0.399 e. The second-order valence-electron chi connectivity index (χ2n) is 7.90. The fourth-order valence-electron chi connectivity index (χ4n) is 3.13. The minimum absolute atomic E-state index is 0.0121. The van der Waals surface area contributed by atoms with E-state index in [-0.39, 0.29) is 28.3 Å². The fourth-order valence-corrected chi connectivity index (χ4v) is 3.13. The molecule has 6 N–H and O–H groups in total. The van der Waals surface area contributed by atoms with Crippen LogP contribution < -0.4 is 22.1 Å². The van der Waals surface area contributed by atoms with Crippen molar-refractivity contribution in [2.45, 2.75) is 43.5 Å². The molecule has 2 aromatic rings. The molecule has 0 bridgehead atoms. The van der Waals surface area contributed by atoms with E-state index >= 15 is 0 Å². The number of aryl methyl sites for hydroxylation is 1. The van der Waals surface area contributed by atoms with E-state index in [1.54, 1.807) is 0 Å². The van der Waals surface area contributed by atoms with Crippen molar-refractivity contribution >= 4 is 22.7 Å². The lowest BCUT2D eigenvalue weighted by atomic mass is 9.94. The van der Waals surface area contributed by atoms with Gasteiger partial charge in [0.25, 0.3) is 0 Å². The number of nitrogens with zero attached hydrogens (tertiary/aromatic N) is 1. The molecule has 0 heterocycles. The van der Waals surface area contributed by atoms with Crippen molar-refractivity contribution in [3.8, 4) is 6.07 Å². The van der Waals surface area contributed by atoms with Gasteiger partial charge in [-0.1, -0.05) is 0 Å². The highest BCUT2D eigenvalue weighted by molar-refractivity contribution is 5.70. The van der Waals surface area contributed by atoms with Gasteiger partial charge in [0.05, 0.1) is 23.0 Å². The number of hydrogen-bond acceptors (Lipinski definition) is 5. The van der Waals surface area contributed by atoms with Crippen LogP contribution in [0.25, 0.3) is 0 Å². The van der Waals surface area contributed by atoms with Gasteiger partial charge in [-0.05, 0) is 48.9 Å². The number of alkyl halides is 8. The average Bonchev–Trinajstić information content (AvgIpc) is 2.75. The van der Waals surface area contributed by atoms with Crippen molar-refractivity contribution in [1.29, 1.82) is 5.26 Å². The van der Waals surface area contributed by atoms with Crippen molar-refractivity contribution in [2.75, 3.05) is 35.2 Å². The van der Waals surface area contributed by atoms with Crippen LogP contribution in [0.4, 0.5) is 57.9 Å². The van der Waals surface area contributed by atoms with Crippen LogP contribution in [0.2, 0.25) is 0 Å². The van der Waals surface area contributed by atoms with E-state index < -0.39 is 49.6 Å². The Bertz CT molecular complexity index is 1080. The molecule has 35 heavy (non-hydrogen) atoms. The van der Waals surface area contributed by atoms with Crippen LogP contribution in [0.1, 0.15) is 24.0 Å². The summed E-state index contributed by atoms with van der Waals surface area (Å²) in [6.07, 6.45) is -3.73. The second-order valence-corrected chi connectivity index (χ2v) is 7.90. The third-order valence-corrected chi connectivity index (χ3v) is 5.26. The molecule has 5 nitrogen and oxygen atoms in total. The van der Waals surface area contributed by atoms with E-state index in [1.165, 1.54) is 43.3 Å². The lowest BCUT2D eigenvalue weighted by Gasteiger charge is -2.37. The normalized spacial score (nSPS) is 12.8. The van der Waals surface area contributed by atoms with E-state index in [1.807, 2.05) is 6.07 Å². The first-order valence-corrected chi connectivity index (χ1v) is 10.2. The monoisotopic (exact) mass is 509 g/mol. The number of benzene rings is 2. The molecule has 0 fully saturated rings. The lowest BCUT2D eigenvalue weighted by molar-refractivity contribution is -0.366. The van der Waals surface area contributed by atoms with Gasteiger partial charge in [0.1, 0.15) is 0 Å². The standard InChI is InChI=1S/C22H23F8N5/c1-13-10-16(4-2-14(13)12-31)34-8-6-19(23,24)21(27,28)22(29,30)20(25,26)7-9-35-18-5-3-15(32)11-17(18)33/h2-5,10-11,34-35H,6-9,32-33H2,1H3. The second kappa shape index (κ2) is 10.1. The van der Waals surface area contributed by atoms with Crippen LogP contribution in [0, 0.1) is 18.3 Å². The lowest BCUT2D eigenvalue weighted by Crippen LogP contribution is -2.62. The van der Waals surface area contributed by atoms with Gasteiger partial charge in [-0.25, -0.2) is 0 Å². The maximum atomic E-state index is 14.1. The summed E-state index contributed by atoms with van der Waals surface area (Å²) >= 11 is 0. The van der Waals surface area contributed by atoms with Crippen LogP contribution in [-0.2, 0) is 0 Å². The van der Waals surface area contributed by atoms with Crippen LogP contribution in [-0.4, -0.2) is 36.8 Å². The Balaban J connectivity index is 2.05. The molecule has 13 heteroatoms. The molecule has 0 unspecified atom stereocenters. The first-order chi connectivity index (χ1) is 16.1. The van der Waals surface area contributed by atoms with E-state index in [0.29, 0.717) is 5.56 Å². The van der Waals surface area contributed by atoms with Gasteiger partial charge in [0.2, 0.25) is 0 Å². The number of halogens is 8. The van der Waals surface area contributed by atoms with Crippen molar-refractivity contribution < 1.29 is 35.1 Å². The van der Waals surface area contributed by atoms with Gasteiger partial charge >= 0.3 is 23.7 Å². The Labute approximate surface area is 196 Å². The molecule has 0 aliphatic rings. The van der Waals surface area contributed by atoms with E-state index in [4.69, 9.17) is 16.7 Å². The first kappa shape index (κ1) is 27.8. The Hall–Kier alpha value is -3.43. The summed E-state index contributed by atoms with van der Waals surface area (Å²) < 4.78 is 113. The van der Waals surface area contributed by atoms with Crippen molar-refractivity contribution in [3.05, 3.63) is 47.5 Å². The minimum atomic E-state index is -6.36. The molecule has 0 aliphatic carbocycles. The Kier molecular flexibility index (Phi) is 7.99.